The van der Waals surface area contributed by atoms with Gasteiger partial charge in [-0.15, -0.1) is 0 Å². The second-order valence-electron chi connectivity index (χ2n) is 4.01. The highest BCUT2D eigenvalue weighted by molar-refractivity contribution is 7.89. The Bertz CT molecular complexity index is 428. The maximum atomic E-state index is 11.9. The summed E-state index contributed by atoms with van der Waals surface area (Å²) < 4.78 is 26.4. The summed E-state index contributed by atoms with van der Waals surface area (Å²) in [6, 6.07) is 9.10. The summed E-state index contributed by atoms with van der Waals surface area (Å²) in [5, 5.41) is 0. The number of benzene rings is 1. The Kier molecular flexibility index (Phi) is 6.32. The van der Waals surface area contributed by atoms with Crippen LogP contribution in [-0.2, 0) is 10.0 Å². The molecule has 0 heterocycles. The second kappa shape index (κ2) is 7.51. The van der Waals surface area contributed by atoms with E-state index < -0.39 is 10.0 Å². The van der Waals surface area contributed by atoms with Crippen LogP contribution in [0.1, 0.15) is 20.3 Å². The van der Waals surface area contributed by atoms with Crippen LogP contribution in [0, 0.1) is 6.07 Å². The maximum absolute atomic E-state index is 11.9. The van der Waals surface area contributed by atoms with Crippen LogP contribution in [0.5, 0.6) is 0 Å². The zero-order valence-corrected chi connectivity index (χ0v) is 11.8. The van der Waals surface area contributed by atoms with Gasteiger partial charge in [0.25, 0.3) is 0 Å². The normalized spacial score (nSPS) is 11.9. The number of rotatable bonds is 8. The highest BCUT2D eigenvalue weighted by Crippen LogP contribution is 2.06. The molecule has 0 atom stereocenters. The van der Waals surface area contributed by atoms with Crippen molar-refractivity contribution >= 4 is 10.0 Å². The third-order valence-corrected chi connectivity index (χ3v) is 4.31. The molecule has 101 valence electrons. The molecule has 0 aliphatic heterocycles. The second-order valence-corrected chi connectivity index (χ2v) is 5.78. The Hall–Kier alpha value is -0.910. The van der Waals surface area contributed by atoms with Crippen LogP contribution in [0.2, 0.25) is 0 Å². The monoisotopic (exact) mass is 269 g/mol. The van der Waals surface area contributed by atoms with Crippen molar-refractivity contribution in [3.63, 3.8) is 0 Å². The molecule has 4 nitrogen and oxygen atoms in total. The first-order chi connectivity index (χ1) is 8.60. The van der Waals surface area contributed by atoms with Crippen molar-refractivity contribution in [3.05, 3.63) is 30.3 Å². The van der Waals surface area contributed by atoms with Crippen molar-refractivity contribution in [2.45, 2.75) is 25.2 Å². The minimum absolute atomic E-state index is 0.295. The molecule has 0 aromatic heterocycles. The summed E-state index contributed by atoms with van der Waals surface area (Å²) in [7, 11) is -3.36. The quantitative estimate of drug-likeness (QED) is 0.728. The fraction of sp³-hybridized carbons (Fsp3) is 0.538. The predicted octanol–water partition coefficient (Wildman–Crippen LogP) is 1.50. The molecule has 1 radical (unpaired) electrons. The summed E-state index contributed by atoms with van der Waals surface area (Å²) >= 11 is 0. The lowest BCUT2D eigenvalue weighted by atomic mass is 10.4. The lowest BCUT2D eigenvalue weighted by molar-refractivity contribution is 0.300. The van der Waals surface area contributed by atoms with Crippen LogP contribution in [0.15, 0.2) is 29.2 Å². The molecule has 0 unspecified atom stereocenters. The average Bonchev–Trinajstić information content (AvgIpc) is 2.40. The minimum atomic E-state index is -3.36. The van der Waals surface area contributed by atoms with Crippen LogP contribution < -0.4 is 4.72 Å². The third-order valence-electron chi connectivity index (χ3n) is 2.84. The first-order valence-corrected chi connectivity index (χ1v) is 7.76. The van der Waals surface area contributed by atoms with E-state index in [1.54, 1.807) is 24.3 Å². The SMILES string of the molecule is CCN(CC)CCCNS(=O)(=O)c1cc[c]cc1. The summed E-state index contributed by atoms with van der Waals surface area (Å²) in [6.07, 6.45) is 0.819. The highest BCUT2D eigenvalue weighted by atomic mass is 32.2. The van der Waals surface area contributed by atoms with Gasteiger partial charge in [0.1, 0.15) is 0 Å². The molecule has 0 saturated carbocycles. The van der Waals surface area contributed by atoms with Crippen LogP contribution in [-0.4, -0.2) is 39.5 Å². The molecule has 0 aliphatic rings. The van der Waals surface area contributed by atoms with Crippen molar-refractivity contribution in [3.8, 4) is 0 Å². The van der Waals surface area contributed by atoms with Crippen molar-refractivity contribution in [1.29, 1.82) is 0 Å². The van der Waals surface area contributed by atoms with Gasteiger partial charge in [-0.2, -0.15) is 0 Å². The predicted molar refractivity (Wildman–Crippen MR) is 72.9 cm³/mol. The molecule has 0 fully saturated rings. The van der Waals surface area contributed by atoms with Crippen molar-refractivity contribution in [2.75, 3.05) is 26.2 Å². The van der Waals surface area contributed by atoms with Gasteiger partial charge in [0.2, 0.25) is 10.0 Å². The first kappa shape index (κ1) is 15.1. The van der Waals surface area contributed by atoms with Crippen molar-refractivity contribution in [1.82, 2.24) is 9.62 Å². The molecule has 0 amide bonds. The molecule has 0 bridgehead atoms. The van der Waals surface area contributed by atoms with E-state index in [2.05, 4.69) is 29.5 Å². The van der Waals surface area contributed by atoms with Gasteiger partial charge in [-0.3, -0.25) is 0 Å². The Morgan fingerprint density at radius 1 is 1.22 bits per heavy atom. The summed E-state index contributed by atoms with van der Waals surface area (Å²) in [6.45, 7) is 7.59. The smallest absolute Gasteiger partial charge is 0.240 e. The number of sulfonamides is 1. The molecule has 1 rings (SSSR count). The van der Waals surface area contributed by atoms with Crippen LogP contribution in [0.4, 0.5) is 0 Å². The van der Waals surface area contributed by atoms with Crippen LogP contribution >= 0.6 is 0 Å². The standard InChI is InChI=1S/C13H21N2O2S/c1-3-15(4-2)12-8-11-14-18(16,17)13-9-6-5-7-10-13/h6-7,9-10,14H,3-4,8,11-12H2,1-2H3. The zero-order chi connectivity index (χ0) is 13.4. The Labute approximate surface area is 110 Å². The van der Waals surface area contributed by atoms with E-state index in [9.17, 15) is 8.42 Å². The van der Waals surface area contributed by atoms with E-state index >= 15 is 0 Å². The molecule has 0 spiro atoms. The van der Waals surface area contributed by atoms with E-state index in [-0.39, 0.29) is 0 Å². The van der Waals surface area contributed by atoms with Gasteiger partial charge in [0.15, 0.2) is 0 Å². The molecule has 1 N–H and O–H groups in total. The van der Waals surface area contributed by atoms with Gasteiger partial charge in [0, 0.05) is 6.54 Å². The number of hydrogen-bond donors (Lipinski definition) is 1. The summed E-state index contributed by atoms with van der Waals surface area (Å²) in [5.74, 6) is 0. The fourth-order valence-corrected chi connectivity index (χ4v) is 2.76. The Morgan fingerprint density at radius 3 is 2.39 bits per heavy atom. The van der Waals surface area contributed by atoms with Crippen LogP contribution in [0.3, 0.4) is 0 Å². The summed E-state index contributed by atoms with van der Waals surface area (Å²) in [5.41, 5.74) is 0. The molecule has 5 heteroatoms. The van der Waals surface area contributed by atoms with Crippen LogP contribution in [0.25, 0.3) is 0 Å². The van der Waals surface area contributed by atoms with E-state index in [1.165, 1.54) is 0 Å². The van der Waals surface area contributed by atoms with Gasteiger partial charge >= 0.3 is 0 Å². The first-order valence-electron chi connectivity index (χ1n) is 6.28. The molecule has 0 aliphatic carbocycles. The molecular formula is C13H21N2O2S. The minimum Gasteiger partial charge on any atom is -0.304 e. The molecule has 0 saturated heterocycles. The lowest BCUT2D eigenvalue weighted by Crippen LogP contribution is -2.29. The molecule has 18 heavy (non-hydrogen) atoms. The van der Waals surface area contributed by atoms with Crippen molar-refractivity contribution < 1.29 is 8.42 Å². The largest absolute Gasteiger partial charge is 0.304 e. The van der Waals surface area contributed by atoms with Gasteiger partial charge in [-0.25, -0.2) is 13.1 Å². The maximum Gasteiger partial charge on any atom is 0.240 e. The topological polar surface area (TPSA) is 49.4 Å². The molecule has 1 aromatic carbocycles. The number of nitrogens with one attached hydrogen (secondary N) is 1. The van der Waals surface area contributed by atoms with Gasteiger partial charge < -0.3 is 4.90 Å². The highest BCUT2D eigenvalue weighted by Gasteiger charge is 2.12. The Balaban J connectivity index is 2.40. The van der Waals surface area contributed by atoms with Gasteiger partial charge in [0.05, 0.1) is 4.90 Å². The average molecular weight is 269 g/mol. The third kappa shape index (κ3) is 4.76. The van der Waals surface area contributed by atoms with Crippen molar-refractivity contribution in [2.24, 2.45) is 0 Å². The fourth-order valence-electron chi connectivity index (χ4n) is 1.68. The number of nitrogens with zero attached hydrogens (tertiary/aromatic N) is 1. The molecule has 1 aromatic rings. The van der Waals surface area contributed by atoms with E-state index in [0.717, 1.165) is 26.1 Å². The molecular weight excluding hydrogens is 248 g/mol. The van der Waals surface area contributed by atoms with Gasteiger partial charge in [-0.1, -0.05) is 26.0 Å². The zero-order valence-electron chi connectivity index (χ0n) is 11.0. The van der Waals surface area contributed by atoms with E-state index in [0.29, 0.717) is 11.4 Å². The van der Waals surface area contributed by atoms with Gasteiger partial charge in [-0.05, 0) is 44.3 Å². The van der Waals surface area contributed by atoms with E-state index in [4.69, 9.17) is 0 Å². The lowest BCUT2D eigenvalue weighted by Gasteiger charge is -2.17. The summed E-state index contributed by atoms with van der Waals surface area (Å²) in [4.78, 5) is 2.57. The number of hydrogen-bond acceptors (Lipinski definition) is 3. The van der Waals surface area contributed by atoms with E-state index in [1.807, 2.05) is 0 Å². The Morgan fingerprint density at radius 2 is 1.83 bits per heavy atom.